The maximum atomic E-state index is 12.0. The molecule has 0 unspecified atom stereocenters. The van der Waals surface area contributed by atoms with E-state index in [0.717, 1.165) is 11.3 Å². The summed E-state index contributed by atoms with van der Waals surface area (Å²) in [6.07, 6.45) is 2.71. The molecule has 1 amide bonds. The zero-order valence-electron chi connectivity index (χ0n) is 12.8. The number of methoxy groups -OCH3 is 2. The largest absolute Gasteiger partial charge is 0.497 e. The molecule has 2 aromatic rings. The molecule has 1 aromatic carbocycles. The van der Waals surface area contributed by atoms with Crippen molar-refractivity contribution in [3.05, 3.63) is 53.9 Å². The molecule has 0 aliphatic rings. The number of hydrogen-bond acceptors (Lipinski definition) is 4. The van der Waals surface area contributed by atoms with Crippen molar-refractivity contribution in [3.8, 4) is 11.5 Å². The van der Waals surface area contributed by atoms with Crippen LogP contribution in [-0.2, 0) is 17.6 Å². The quantitative estimate of drug-likeness (QED) is 0.849. The van der Waals surface area contributed by atoms with Crippen LogP contribution >= 0.6 is 0 Å². The first-order valence-electron chi connectivity index (χ1n) is 7.10. The average molecular weight is 300 g/mol. The molecule has 0 fully saturated rings. The van der Waals surface area contributed by atoms with Crippen LogP contribution < -0.4 is 14.8 Å². The van der Waals surface area contributed by atoms with E-state index in [9.17, 15) is 4.79 Å². The molecule has 2 rings (SSSR count). The monoisotopic (exact) mass is 300 g/mol. The Morgan fingerprint density at radius 2 is 2.05 bits per heavy atom. The van der Waals surface area contributed by atoms with Crippen molar-refractivity contribution in [2.75, 3.05) is 20.8 Å². The normalized spacial score (nSPS) is 10.1. The number of carbonyl (C=O) groups is 1. The molecular weight excluding hydrogens is 280 g/mol. The van der Waals surface area contributed by atoms with Crippen LogP contribution in [0.1, 0.15) is 11.3 Å². The van der Waals surface area contributed by atoms with E-state index in [4.69, 9.17) is 9.47 Å². The van der Waals surface area contributed by atoms with E-state index in [2.05, 4.69) is 10.3 Å². The van der Waals surface area contributed by atoms with E-state index >= 15 is 0 Å². The van der Waals surface area contributed by atoms with E-state index in [0.29, 0.717) is 24.5 Å². The highest BCUT2D eigenvalue weighted by atomic mass is 16.5. The molecule has 0 aliphatic heterocycles. The maximum absolute atomic E-state index is 12.0. The van der Waals surface area contributed by atoms with Gasteiger partial charge < -0.3 is 14.8 Å². The number of benzene rings is 1. The fourth-order valence-electron chi connectivity index (χ4n) is 2.13. The van der Waals surface area contributed by atoms with Gasteiger partial charge in [-0.2, -0.15) is 0 Å². The second kappa shape index (κ2) is 8.02. The average Bonchev–Trinajstić information content (AvgIpc) is 2.55. The molecule has 0 aliphatic carbocycles. The van der Waals surface area contributed by atoms with Crippen LogP contribution in [0.3, 0.4) is 0 Å². The summed E-state index contributed by atoms with van der Waals surface area (Å²) in [7, 11) is 3.18. The predicted molar refractivity (Wildman–Crippen MR) is 84.2 cm³/mol. The van der Waals surface area contributed by atoms with Crippen molar-refractivity contribution in [1.29, 1.82) is 0 Å². The van der Waals surface area contributed by atoms with Gasteiger partial charge in [0, 0.05) is 30.4 Å². The molecule has 5 heteroatoms. The van der Waals surface area contributed by atoms with Crippen LogP contribution in [-0.4, -0.2) is 31.7 Å². The lowest BCUT2D eigenvalue weighted by atomic mass is 10.1. The zero-order chi connectivity index (χ0) is 15.8. The highest BCUT2D eigenvalue weighted by molar-refractivity contribution is 5.79. The Morgan fingerprint density at radius 3 is 2.73 bits per heavy atom. The van der Waals surface area contributed by atoms with E-state index in [-0.39, 0.29) is 12.3 Å². The zero-order valence-corrected chi connectivity index (χ0v) is 12.8. The summed E-state index contributed by atoms with van der Waals surface area (Å²) in [6.45, 7) is 0.558. The van der Waals surface area contributed by atoms with Crippen LogP contribution in [0.5, 0.6) is 11.5 Å². The second-order valence-corrected chi connectivity index (χ2v) is 4.78. The van der Waals surface area contributed by atoms with Gasteiger partial charge in [0.2, 0.25) is 5.91 Å². The summed E-state index contributed by atoms with van der Waals surface area (Å²) in [6, 6.07) is 11.2. The van der Waals surface area contributed by atoms with Gasteiger partial charge in [0.25, 0.3) is 0 Å². The molecule has 1 heterocycles. The number of rotatable bonds is 7. The molecule has 0 radical (unpaired) electrons. The standard InChI is InChI=1S/C17H20N2O3/c1-21-15-6-7-16(22-2)13(11-15)12-17(20)19-10-8-14-5-3-4-9-18-14/h3-7,9,11H,8,10,12H2,1-2H3,(H,19,20). The predicted octanol–water partition coefficient (Wildman–Crippen LogP) is 2.00. The van der Waals surface area contributed by atoms with Gasteiger partial charge in [-0.3, -0.25) is 9.78 Å². The molecule has 5 nitrogen and oxygen atoms in total. The van der Waals surface area contributed by atoms with E-state index in [1.807, 2.05) is 24.3 Å². The van der Waals surface area contributed by atoms with E-state index in [1.54, 1.807) is 32.5 Å². The third-order valence-corrected chi connectivity index (χ3v) is 3.27. The van der Waals surface area contributed by atoms with Gasteiger partial charge in [-0.05, 0) is 30.3 Å². The first-order valence-corrected chi connectivity index (χ1v) is 7.10. The molecule has 1 aromatic heterocycles. The van der Waals surface area contributed by atoms with Crippen LogP contribution in [0.25, 0.3) is 0 Å². The Hall–Kier alpha value is -2.56. The summed E-state index contributed by atoms with van der Waals surface area (Å²) < 4.78 is 10.5. The Bertz CT molecular complexity index is 615. The number of amides is 1. The summed E-state index contributed by atoms with van der Waals surface area (Å²) in [5.74, 6) is 1.33. The molecule has 116 valence electrons. The molecule has 1 N–H and O–H groups in total. The van der Waals surface area contributed by atoms with Crippen molar-refractivity contribution in [3.63, 3.8) is 0 Å². The van der Waals surface area contributed by atoms with Crippen molar-refractivity contribution in [2.45, 2.75) is 12.8 Å². The van der Waals surface area contributed by atoms with Gasteiger partial charge in [0.15, 0.2) is 0 Å². The lowest BCUT2D eigenvalue weighted by molar-refractivity contribution is -0.120. The molecule has 0 bridgehead atoms. The van der Waals surface area contributed by atoms with Crippen molar-refractivity contribution >= 4 is 5.91 Å². The van der Waals surface area contributed by atoms with E-state index < -0.39 is 0 Å². The number of pyridine rings is 1. The number of nitrogens with one attached hydrogen (secondary N) is 1. The molecule has 0 saturated carbocycles. The molecule has 22 heavy (non-hydrogen) atoms. The SMILES string of the molecule is COc1ccc(OC)c(CC(=O)NCCc2ccccn2)c1. The minimum Gasteiger partial charge on any atom is -0.497 e. The first kappa shape index (κ1) is 15.8. The van der Waals surface area contributed by atoms with Crippen LogP contribution in [0.4, 0.5) is 0 Å². The lowest BCUT2D eigenvalue weighted by Crippen LogP contribution is -2.27. The molecule has 0 spiro atoms. The van der Waals surface area contributed by atoms with Gasteiger partial charge >= 0.3 is 0 Å². The number of hydrogen-bond donors (Lipinski definition) is 1. The first-order chi connectivity index (χ1) is 10.7. The number of nitrogens with zero attached hydrogens (tertiary/aromatic N) is 1. The highest BCUT2D eigenvalue weighted by Gasteiger charge is 2.10. The van der Waals surface area contributed by atoms with Crippen LogP contribution in [0, 0.1) is 0 Å². The number of aromatic nitrogens is 1. The Morgan fingerprint density at radius 1 is 1.18 bits per heavy atom. The minimum atomic E-state index is -0.0533. The van der Waals surface area contributed by atoms with Crippen LogP contribution in [0.15, 0.2) is 42.6 Å². The summed E-state index contributed by atoms with van der Waals surface area (Å²) >= 11 is 0. The van der Waals surface area contributed by atoms with Crippen LogP contribution in [0.2, 0.25) is 0 Å². The van der Waals surface area contributed by atoms with Gasteiger partial charge in [-0.1, -0.05) is 6.07 Å². The summed E-state index contributed by atoms with van der Waals surface area (Å²) in [4.78, 5) is 16.3. The van der Waals surface area contributed by atoms with Crippen molar-refractivity contribution in [2.24, 2.45) is 0 Å². The third-order valence-electron chi connectivity index (χ3n) is 3.27. The third kappa shape index (κ3) is 4.48. The number of ether oxygens (including phenoxy) is 2. The molecular formula is C17H20N2O3. The van der Waals surface area contributed by atoms with Gasteiger partial charge in [0.1, 0.15) is 11.5 Å². The smallest absolute Gasteiger partial charge is 0.224 e. The lowest BCUT2D eigenvalue weighted by Gasteiger charge is -2.10. The Labute approximate surface area is 130 Å². The Balaban J connectivity index is 1.89. The van der Waals surface area contributed by atoms with Crippen molar-refractivity contribution < 1.29 is 14.3 Å². The second-order valence-electron chi connectivity index (χ2n) is 4.78. The number of carbonyl (C=O) groups excluding carboxylic acids is 1. The topological polar surface area (TPSA) is 60.5 Å². The van der Waals surface area contributed by atoms with E-state index in [1.165, 1.54) is 0 Å². The minimum absolute atomic E-state index is 0.0533. The fraction of sp³-hybridized carbons (Fsp3) is 0.294. The Kier molecular flexibility index (Phi) is 5.77. The fourth-order valence-corrected chi connectivity index (χ4v) is 2.13. The van der Waals surface area contributed by atoms with Gasteiger partial charge in [-0.25, -0.2) is 0 Å². The maximum Gasteiger partial charge on any atom is 0.224 e. The molecule has 0 saturated heterocycles. The molecule has 0 atom stereocenters. The van der Waals surface area contributed by atoms with Gasteiger partial charge in [0.05, 0.1) is 20.6 Å². The highest BCUT2D eigenvalue weighted by Crippen LogP contribution is 2.24. The van der Waals surface area contributed by atoms with Crippen molar-refractivity contribution in [1.82, 2.24) is 10.3 Å². The summed E-state index contributed by atoms with van der Waals surface area (Å²) in [5, 5.41) is 2.89. The summed E-state index contributed by atoms with van der Waals surface area (Å²) in [5.41, 5.74) is 1.76. The van der Waals surface area contributed by atoms with Gasteiger partial charge in [-0.15, -0.1) is 0 Å².